The van der Waals surface area contributed by atoms with Crippen molar-refractivity contribution in [1.82, 2.24) is 4.90 Å². The van der Waals surface area contributed by atoms with E-state index < -0.39 is 17.6 Å². The van der Waals surface area contributed by atoms with Gasteiger partial charge in [0.15, 0.2) is 5.54 Å². The molecule has 0 aliphatic carbocycles. The zero-order chi connectivity index (χ0) is 18.4. The molecule has 5 nitrogen and oxygen atoms in total. The van der Waals surface area contributed by atoms with Crippen molar-refractivity contribution >= 4 is 12.1 Å². The number of hydrogen-bond acceptors (Lipinski definition) is 4. The van der Waals surface area contributed by atoms with Crippen LogP contribution in [0.4, 0.5) is 4.79 Å². The minimum atomic E-state index is -1.12. The van der Waals surface area contributed by atoms with Crippen molar-refractivity contribution in [2.75, 3.05) is 13.2 Å². The van der Waals surface area contributed by atoms with Crippen LogP contribution < -0.4 is 0 Å². The summed E-state index contributed by atoms with van der Waals surface area (Å²) in [6.07, 6.45) is 0.744. The number of hydrogen-bond donors (Lipinski definition) is 0. The van der Waals surface area contributed by atoms with Crippen molar-refractivity contribution in [3.8, 4) is 0 Å². The van der Waals surface area contributed by atoms with E-state index in [-0.39, 0.29) is 13.2 Å². The Hall–Kier alpha value is -2.82. The summed E-state index contributed by atoms with van der Waals surface area (Å²) in [5.41, 5.74) is 0.541. The van der Waals surface area contributed by atoms with Gasteiger partial charge in [-0.3, -0.25) is 4.90 Å². The Morgan fingerprint density at radius 1 is 1.00 bits per heavy atom. The van der Waals surface area contributed by atoms with E-state index in [0.29, 0.717) is 19.4 Å². The highest BCUT2D eigenvalue weighted by molar-refractivity contribution is 5.88. The molecule has 26 heavy (non-hydrogen) atoms. The fourth-order valence-corrected chi connectivity index (χ4v) is 3.46. The summed E-state index contributed by atoms with van der Waals surface area (Å²) in [4.78, 5) is 27.2. The van der Waals surface area contributed by atoms with Crippen LogP contribution in [0.2, 0.25) is 0 Å². The number of carbonyl (C=O) groups is 2. The zero-order valence-corrected chi connectivity index (χ0v) is 14.9. The summed E-state index contributed by atoms with van der Waals surface area (Å²) in [7, 11) is 0. The summed E-state index contributed by atoms with van der Waals surface area (Å²) >= 11 is 0. The van der Waals surface area contributed by atoms with Crippen molar-refractivity contribution in [1.29, 1.82) is 0 Å². The third-order valence-electron chi connectivity index (χ3n) is 4.67. The van der Waals surface area contributed by atoms with E-state index >= 15 is 0 Å². The first-order valence-electron chi connectivity index (χ1n) is 8.89. The molecule has 5 heteroatoms. The largest absolute Gasteiger partial charge is 0.464 e. The number of likely N-dealkylation sites (tertiary alicyclic amines) is 1. The summed E-state index contributed by atoms with van der Waals surface area (Å²) in [6, 6.07) is 18.8. The van der Waals surface area contributed by atoms with Crippen molar-refractivity contribution in [3.63, 3.8) is 0 Å². The fraction of sp³-hybridized carbons (Fsp3) is 0.333. The quantitative estimate of drug-likeness (QED) is 0.766. The standard InChI is InChI=1S/C21H23NO4/c1-2-25-19(23)21(18-12-7-4-8-13-18)14-9-15-22(21)20(24)26-16-17-10-5-3-6-11-17/h3-8,10-13H,2,9,14-16H2,1H3/t21-/m0/s1. The lowest BCUT2D eigenvalue weighted by Crippen LogP contribution is -2.51. The average Bonchev–Trinajstić information content (AvgIpc) is 3.14. The van der Waals surface area contributed by atoms with Gasteiger partial charge in [0, 0.05) is 6.54 Å². The number of amides is 1. The Morgan fingerprint density at radius 2 is 1.65 bits per heavy atom. The molecule has 0 bridgehead atoms. The number of benzene rings is 2. The lowest BCUT2D eigenvalue weighted by Gasteiger charge is -2.35. The van der Waals surface area contributed by atoms with E-state index in [1.807, 2.05) is 60.7 Å². The number of nitrogens with zero attached hydrogens (tertiary/aromatic N) is 1. The third kappa shape index (κ3) is 3.43. The normalized spacial score (nSPS) is 19.2. The predicted molar refractivity (Wildman–Crippen MR) is 97.3 cm³/mol. The summed E-state index contributed by atoms with van der Waals surface area (Å²) in [5.74, 6) is -0.402. The van der Waals surface area contributed by atoms with Crippen LogP contribution in [0.1, 0.15) is 30.9 Å². The van der Waals surface area contributed by atoms with Gasteiger partial charge in [-0.15, -0.1) is 0 Å². The number of esters is 1. The first kappa shape index (κ1) is 18.0. The van der Waals surface area contributed by atoms with Gasteiger partial charge in [-0.25, -0.2) is 9.59 Å². The van der Waals surface area contributed by atoms with Gasteiger partial charge in [-0.2, -0.15) is 0 Å². The van der Waals surface area contributed by atoms with Gasteiger partial charge >= 0.3 is 12.1 Å². The summed E-state index contributed by atoms with van der Waals surface area (Å²) in [6.45, 7) is 2.66. The highest BCUT2D eigenvalue weighted by atomic mass is 16.6. The molecule has 2 aromatic rings. The van der Waals surface area contributed by atoms with Gasteiger partial charge < -0.3 is 9.47 Å². The molecule has 1 saturated heterocycles. The van der Waals surface area contributed by atoms with Gasteiger partial charge in [0.05, 0.1) is 6.61 Å². The highest BCUT2D eigenvalue weighted by Gasteiger charge is 2.53. The smallest absolute Gasteiger partial charge is 0.411 e. The second kappa shape index (κ2) is 8.04. The Kier molecular flexibility index (Phi) is 5.56. The maximum atomic E-state index is 12.9. The van der Waals surface area contributed by atoms with Crippen LogP contribution >= 0.6 is 0 Å². The van der Waals surface area contributed by atoms with Crippen molar-refractivity contribution in [2.24, 2.45) is 0 Å². The van der Waals surface area contributed by atoms with E-state index in [9.17, 15) is 9.59 Å². The second-order valence-electron chi connectivity index (χ2n) is 6.24. The second-order valence-corrected chi connectivity index (χ2v) is 6.24. The zero-order valence-electron chi connectivity index (χ0n) is 14.9. The summed E-state index contributed by atoms with van der Waals surface area (Å²) < 4.78 is 10.8. The van der Waals surface area contributed by atoms with E-state index in [1.165, 1.54) is 4.90 Å². The molecule has 1 atom stereocenters. The first-order valence-corrected chi connectivity index (χ1v) is 8.89. The van der Waals surface area contributed by atoms with Crippen molar-refractivity contribution in [2.45, 2.75) is 31.9 Å². The van der Waals surface area contributed by atoms with Crippen LogP contribution in [0, 0.1) is 0 Å². The number of ether oxygens (including phenoxy) is 2. The maximum absolute atomic E-state index is 12.9. The molecule has 0 radical (unpaired) electrons. The Balaban J connectivity index is 1.86. The first-order chi connectivity index (χ1) is 12.7. The Morgan fingerprint density at radius 3 is 2.31 bits per heavy atom. The Bertz CT molecular complexity index is 747. The molecule has 1 fully saturated rings. The maximum Gasteiger partial charge on any atom is 0.411 e. The monoisotopic (exact) mass is 353 g/mol. The molecule has 1 aliphatic rings. The average molecular weight is 353 g/mol. The molecule has 3 rings (SSSR count). The SMILES string of the molecule is CCOC(=O)[C@@]1(c2ccccc2)CCCN1C(=O)OCc1ccccc1. The van der Waals surface area contributed by atoms with E-state index in [1.54, 1.807) is 6.92 Å². The molecule has 0 spiro atoms. The van der Waals surface area contributed by atoms with Gasteiger partial charge in [0.25, 0.3) is 0 Å². The van der Waals surface area contributed by atoms with Crippen LogP contribution in [0.15, 0.2) is 60.7 Å². The molecule has 1 amide bonds. The lowest BCUT2D eigenvalue weighted by molar-refractivity contribution is -0.156. The number of carbonyl (C=O) groups excluding carboxylic acids is 2. The van der Waals surface area contributed by atoms with Crippen LogP contribution in [-0.2, 0) is 26.4 Å². The van der Waals surface area contributed by atoms with Gasteiger partial charge in [-0.1, -0.05) is 60.7 Å². The molecular formula is C21H23NO4. The molecule has 136 valence electrons. The molecule has 0 aromatic heterocycles. The number of rotatable bonds is 5. The van der Waals surface area contributed by atoms with E-state index in [4.69, 9.17) is 9.47 Å². The molecule has 0 saturated carbocycles. The van der Waals surface area contributed by atoms with Gasteiger partial charge in [-0.05, 0) is 30.9 Å². The molecule has 1 heterocycles. The van der Waals surface area contributed by atoms with E-state index in [2.05, 4.69) is 0 Å². The van der Waals surface area contributed by atoms with Crippen LogP contribution in [0.25, 0.3) is 0 Å². The third-order valence-corrected chi connectivity index (χ3v) is 4.67. The topological polar surface area (TPSA) is 55.8 Å². The van der Waals surface area contributed by atoms with Gasteiger partial charge in [0.2, 0.25) is 0 Å². The molecule has 0 unspecified atom stereocenters. The van der Waals surface area contributed by atoms with Crippen LogP contribution in [0.3, 0.4) is 0 Å². The highest BCUT2D eigenvalue weighted by Crippen LogP contribution is 2.40. The van der Waals surface area contributed by atoms with Crippen LogP contribution in [-0.4, -0.2) is 30.1 Å². The van der Waals surface area contributed by atoms with Crippen LogP contribution in [0.5, 0.6) is 0 Å². The molecule has 0 N–H and O–H groups in total. The van der Waals surface area contributed by atoms with Crippen molar-refractivity contribution < 1.29 is 19.1 Å². The molecule has 1 aliphatic heterocycles. The lowest BCUT2D eigenvalue weighted by atomic mass is 9.87. The summed E-state index contributed by atoms with van der Waals surface area (Å²) in [5, 5.41) is 0. The molecule has 2 aromatic carbocycles. The van der Waals surface area contributed by atoms with Crippen molar-refractivity contribution in [3.05, 3.63) is 71.8 Å². The van der Waals surface area contributed by atoms with Gasteiger partial charge in [0.1, 0.15) is 6.61 Å². The molecular weight excluding hydrogens is 330 g/mol. The minimum absolute atomic E-state index is 0.171. The predicted octanol–water partition coefficient (Wildman–Crippen LogP) is 3.88. The minimum Gasteiger partial charge on any atom is -0.464 e. The van der Waals surface area contributed by atoms with E-state index in [0.717, 1.165) is 11.1 Å². The fourth-order valence-electron chi connectivity index (χ4n) is 3.46. The Labute approximate surface area is 153 Å².